The van der Waals surface area contributed by atoms with E-state index in [1.165, 1.54) is 44.9 Å². The van der Waals surface area contributed by atoms with E-state index in [0.29, 0.717) is 0 Å². The molecule has 0 aromatic heterocycles. The first-order valence-corrected chi connectivity index (χ1v) is 6.45. The Labute approximate surface area is 95.0 Å². The largest absolute Gasteiger partial charge is 0.299 e. The number of rotatable bonds is 10. The Morgan fingerprint density at radius 2 is 1.73 bits per heavy atom. The van der Waals surface area contributed by atoms with E-state index in [-0.39, 0.29) is 0 Å². The average Bonchev–Trinajstić information content (AvgIpc) is 2.25. The summed E-state index contributed by atoms with van der Waals surface area (Å²) in [5.41, 5.74) is 0. The minimum absolute atomic E-state index is 0.862. The highest BCUT2D eigenvalue weighted by atomic mass is 16.1. The molecule has 1 unspecified atom stereocenters. The van der Waals surface area contributed by atoms with Gasteiger partial charge in [-0.05, 0) is 24.8 Å². The van der Waals surface area contributed by atoms with Crippen LogP contribution < -0.4 is 0 Å². The molecule has 0 spiro atoms. The van der Waals surface area contributed by atoms with E-state index >= 15 is 0 Å². The van der Waals surface area contributed by atoms with Crippen molar-refractivity contribution in [1.29, 1.82) is 0 Å². The van der Waals surface area contributed by atoms with Crippen molar-refractivity contribution in [3.63, 3.8) is 0 Å². The van der Waals surface area contributed by atoms with E-state index in [0.717, 1.165) is 18.6 Å². The molecule has 0 bridgehead atoms. The number of carbonyl (C=O) groups excluding carboxylic acids is 1. The van der Waals surface area contributed by atoms with Crippen LogP contribution in [0.25, 0.3) is 0 Å². The van der Waals surface area contributed by atoms with Crippen molar-refractivity contribution in [3.8, 4) is 0 Å². The van der Waals surface area contributed by atoms with Gasteiger partial charge in [0.2, 0.25) is 0 Å². The van der Waals surface area contributed by atoms with Crippen molar-refractivity contribution in [2.24, 2.45) is 5.92 Å². The van der Waals surface area contributed by atoms with Gasteiger partial charge in [0.1, 0.15) is 6.29 Å². The van der Waals surface area contributed by atoms with Crippen molar-refractivity contribution in [1.82, 2.24) is 0 Å². The fraction of sp³-hybridized carbons (Fsp3) is 0.786. The minimum Gasteiger partial charge on any atom is -0.299 e. The lowest BCUT2D eigenvalue weighted by Gasteiger charge is -2.14. The van der Waals surface area contributed by atoms with Gasteiger partial charge in [0.25, 0.3) is 0 Å². The molecule has 88 valence electrons. The summed E-state index contributed by atoms with van der Waals surface area (Å²) in [6.45, 7) is 4.53. The first-order valence-electron chi connectivity index (χ1n) is 6.45. The van der Waals surface area contributed by atoms with Gasteiger partial charge in [0.05, 0.1) is 0 Å². The number of carbonyl (C=O) groups is 1. The van der Waals surface area contributed by atoms with Gasteiger partial charge in [0.15, 0.2) is 0 Å². The molecule has 15 heavy (non-hydrogen) atoms. The average molecular weight is 210 g/mol. The monoisotopic (exact) mass is 210 g/mol. The molecule has 0 radical (unpaired) electrons. The first kappa shape index (κ1) is 14.4. The maximum Gasteiger partial charge on any atom is 0.142 e. The molecule has 0 N–H and O–H groups in total. The molecule has 0 aliphatic heterocycles. The summed E-state index contributed by atoms with van der Waals surface area (Å²) >= 11 is 0. The van der Waals surface area contributed by atoms with E-state index in [1.54, 1.807) is 6.08 Å². The summed E-state index contributed by atoms with van der Waals surface area (Å²) in [4.78, 5) is 10.1. The van der Waals surface area contributed by atoms with Crippen LogP contribution in [0.4, 0.5) is 0 Å². The van der Waals surface area contributed by atoms with Gasteiger partial charge in [-0.15, -0.1) is 0 Å². The molecular formula is C14H26O. The second kappa shape index (κ2) is 11.5. The highest BCUT2D eigenvalue weighted by molar-refractivity contribution is 5.64. The smallest absolute Gasteiger partial charge is 0.142 e. The topological polar surface area (TPSA) is 17.1 Å². The lowest BCUT2D eigenvalue weighted by Crippen LogP contribution is -1.99. The molecule has 0 aliphatic carbocycles. The summed E-state index contributed by atoms with van der Waals surface area (Å²) in [6, 6.07) is 0. The third-order valence-corrected chi connectivity index (χ3v) is 2.86. The Morgan fingerprint density at radius 1 is 1.00 bits per heavy atom. The van der Waals surface area contributed by atoms with Crippen LogP contribution in [0.5, 0.6) is 0 Å². The van der Waals surface area contributed by atoms with Gasteiger partial charge in [-0.25, -0.2) is 0 Å². The first-order chi connectivity index (χ1) is 7.35. The number of hydrogen-bond donors (Lipinski definition) is 0. The predicted octanol–water partition coefficient (Wildman–Crippen LogP) is 4.52. The van der Waals surface area contributed by atoms with Crippen molar-refractivity contribution >= 4 is 6.29 Å². The Balaban J connectivity index is 3.55. The lowest BCUT2D eigenvalue weighted by molar-refractivity contribution is -0.104. The predicted molar refractivity (Wildman–Crippen MR) is 67.0 cm³/mol. The van der Waals surface area contributed by atoms with Crippen LogP contribution in [0.15, 0.2) is 12.2 Å². The van der Waals surface area contributed by atoms with Crippen LogP contribution in [0.2, 0.25) is 0 Å². The minimum atomic E-state index is 0.862. The van der Waals surface area contributed by atoms with Gasteiger partial charge < -0.3 is 0 Å². The summed E-state index contributed by atoms with van der Waals surface area (Å²) in [5, 5.41) is 0. The fourth-order valence-electron chi connectivity index (χ4n) is 2.01. The Hall–Kier alpha value is -0.590. The molecule has 1 heteroatoms. The number of allylic oxidation sites excluding steroid dienone is 2. The molecule has 0 aliphatic rings. The fourth-order valence-corrected chi connectivity index (χ4v) is 2.01. The lowest BCUT2D eigenvalue weighted by atomic mass is 9.92. The maximum atomic E-state index is 10.1. The van der Waals surface area contributed by atoms with E-state index in [2.05, 4.69) is 13.8 Å². The van der Waals surface area contributed by atoms with Crippen molar-refractivity contribution < 1.29 is 4.79 Å². The number of hydrogen-bond acceptors (Lipinski definition) is 1. The molecule has 0 fully saturated rings. The van der Waals surface area contributed by atoms with Crippen LogP contribution in [-0.2, 0) is 4.79 Å². The highest BCUT2D eigenvalue weighted by Gasteiger charge is 2.05. The molecule has 0 rings (SSSR count). The molecule has 0 heterocycles. The standard InChI is InChI=1S/C14H26O/c1-3-5-11-14(10-4-2)12-8-6-7-9-13-15/h7,9,13-14H,3-6,8,10-12H2,1-2H3/b9-7+. The zero-order chi connectivity index (χ0) is 11.4. The maximum absolute atomic E-state index is 10.1. The second-order valence-electron chi connectivity index (χ2n) is 4.29. The molecule has 1 atom stereocenters. The summed E-state index contributed by atoms with van der Waals surface area (Å²) in [6.07, 6.45) is 14.8. The summed E-state index contributed by atoms with van der Waals surface area (Å²) in [5.74, 6) is 0.916. The third kappa shape index (κ3) is 9.71. The van der Waals surface area contributed by atoms with E-state index in [4.69, 9.17) is 0 Å². The molecule has 0 aromatic rings. The number of unbranched alkanes of at least 4 members (excludes halogenated alkanes) is 2. The highest BCUT2D eigenvalue weighted by Crippen LogP contribution is 2.21. The second-order valence-corrected chi connectivity index (χ2v) is 4.29. The van der Waals surface area contributed by atoms with Gasteiger partial charge >= 0.3 is 0 Å². The van der Waals surface area contributed by atoms with Gasteiger partial charge in [-0.1, -0.05) is 58.4 Å². The molecule has 1 nitrogen and oxygen atoms in total. The Morgan fingerprint density at radius 3 is 2.33 bits per heavy atom. The zero-order valence-corrected chi connectivity index (χ0v) is 10.4. The van der Waals surface area contributed by atoms with Gasteiger partial charge in [-0.3, -0.25) is 4.79 Å². The van der Waals surface area contributed by atoms with Crippen LogP contribution >= 0.6 is 0 Å². The van der Waals surface area contributed by atoms with E-state index in [9.17, 15) is 4.79 Å². The van der Waals surface area contributed by atoms with Crippen LogP contribution in [0.1, 0.15) is 65.2 Å². The summed E-state index contributed by atoms with van der Waals surface area (Å²) in [7, 11) is 0. The van der Waals surface area contributed by atoms with Crippen LogP contribution in [0.3, 0.4) is 0 Å². The van der Waals surface area contributed by atoms with Gasteiger partial charge in [0, 0.05) is 0 Å². The van der Waals surface area contributed by atoms with Crippen LogP contribution in [-0.4, -0.2) is 6.29 Å². The van der Waals surface area contributed by atoms with E-state index in [1.807, 2.05) is 6.08 Å². The molecular weight excluding hydrogens is 184 g/mol. The number of aldehydes is 1. The Bertz CT molecular complexity index is 161. The molecule has 0 saturated carbocycles. The summed E-state index contributed by atoms with van der Waals surface area (Å²) < 4.78 is 0. The van der Waals surface area contributed by atoms with E-state index < -0.39 is 0 Å². The molecule has 0 amide bonds. The van der Waals surface area contributed by atoms with Crippen molar-refractivity contribution in [2.75, 3.05) is 0 Å². The van der Waals surface area contributed by atoms with Gasteiger partial charge in [-0.2, -0.15) is 0 Å². The van der Waals surface area contributed by atoms with Crippen molar-refractivity contribution in [2.45, 2.75) is 65.2 Å². The Kier molecular flexibility index (Phi) is 11.0. The third-order valence-electron chi connectivity index (χ3n) is 2.86. The quantitative estimate of drug-likeness (QED) is 0.294. The van der Waals surface area contributed by atoms with Crippen molar-refractivity contribution in [3.05, 3.63) is 12.2 Å². The SMILES string of the molecule is CCCCC(CCC)CCC/C=C/C=O. The normalized spacial score (nSPS) is 13.2. The van der Waals surface area contributed by atoms with Crippen LogP contribution in [0, 0.1) is 5.92 Å². The molecule has 0 aromatic carbocycles. The molecule has 0 saturated heterocycles. The zero-order valence-electron chi connectivity index (χ0n) is 10.4.